The molecule has 0 spiro atoms. The van der Waals surface area contributed by atoms with E-state index in [9.17, 15) is 18.0 Å². The molecule has 220 valence electrons. The standard InChI is InChI=1S/C31H37Cl2N3O4S/c1-6-23(5)34-31(38)29(7-2)35(19-24-11-13-25(32)14-12-24)30(37)20-36(26-15-10-22(4)28(33)18-26)41(39,40)27-16-8-21(3)9-17-27/h8-18,23,29H,6-7,19-20H2,1-5H3,(H,34,38)/t23-,29+/m0/s1. The number of nitrogens with zero attached hydrogens (tertiary/aromatic N) is 2. The molecule has 2 atom stereocenters. The lowest BCUT2D eigenvalue weighted by atomic mass is 10.1. The van der Waals surface area contributed by atoms with Crippen molar-refractivity contribution >= 4 is 50.7 Å². The van der Waals surface area contributed by atoms with E-state index in [1.807, 2.05) is 34.6 Å². The first-order chi connectivity index (χ1) is 19.4. The van der Waals surface area contributed by atoms with E-state index < -0.39 is 28.5 Å². The molecule has 0 fully saturated rings. The molecule has 0 aliphatic heterocycles. The second-order valence-electron chi connectivity index (χ2n) is 10.1. The van der Waals surface area contributed by atoms with Crippen LogP contribution in [0.5, 0.6) is 0 Å². The van der Waals surface area contributed by atoms with E-state index in [0.717, 1.165) is 27.4 Å². The van der Waals surface area contributed by atoms with E-state index in [0.29, 0.717) is 16.5 Å². The van der Waals surface area contributed by atoms with Gasteiger partial charge < -0.3 is 10.2 Å². The number of aryl methyl sites for hydroxylation is 2. The minimum absolute atomic E-state index is 0.0402. The number of rotatable bonds is 12. The van der Waals surface area contributed by atoms with Crippen LogP contribution in [-0.2, 0) is 26.2 Å². The lowest BCUT2D eigenvalue weighted by molar-refractivity contribution is -0.140. The molecule has 7 nitrogen and oxygen atoms in total. The zero-order valence-corrected chi connectivity index (χ0v) is 26.4. The summed E-state index contributed by atoms with van der Waals surface area (Å²) in [7, 11) is -4.17. The molecule has 0 aromatic heterocycles. The Morgan fingerprint density at radius 1 is 0.902 bits per heavy atom. The van der Waals surface area contributed by atoms with Crippen LogP contribution in [0.3, 0.4) is 0 Å². The van der Waals surface area contributed by atoms with Gasteiger partial charge in [0, 0.05) is 22.6 Å². The Bertz CT molecular complexity index is 1460. The summed E-state index contributed by atoms with van der Waals surface area (Å²) in [6, 6.07) is 17.4. The van der Waals surface area contributed by atoms with Crippen molar-refractivity contribution in [2.75, 3.05) is 10.8 Å². The molecule has 3 aromatic rings. The molecule has 1 N–H and O–H groups in total. The number of carbonyl (C=O) groups excluding carboxylic acids is 2. The van der Waals surface area contributed by atoms with Gasteiger partial charge in [-0.3, -0.25) is 13.9 Å². The third-order valence-corrected chi connectivity index (χ3v) is 9.43. The van der Waals surface area contributed by atoms with Gasteiger partial charge >= 0.3 is 0 Å². The van der Waals surface area contributed by atoms with Crippen LogP contribution >= 0.6 is 23.2 Å². The largest absolute Gasteiger partial charge is 0.352 e. The van der Waals surface area contributed by atoms with Gasteiger partial charge in [-0.1, -0.05) is 72.9 Å². The maximum Gasteiger partial charge on any atom is 0.264 e. The minimum Gasteiger partial charge on any atom is -0.352 e. The molecule has 2 amide bonds. The van der Waals surface area contributed by atoms with Crippen molar-refractivity contribution in [2.45, 2.75) is 71.0 Å². The quantitative estimate of drug-likeness (QED) is 0.250. The molecule has 0 unspecified atom stereocenters. The van der Waals surface area contributed by atoms with Crippen molar-refractivity contribution in [2.24, 2.45) is 0 Å². The third-order valence-electron chi connectivity index (χ3n) is 6.98. The Morgan fingerprint density at radius 3 is 2.10 bits per heavy atom. The van der Waals surface area contributed by atoms with Crippen molar-refractivity contribution in [3.8, 4) is 0 Å². The fourth-order valence-corrected chi connectivity index (χ4v) is 5.96. The van der Waals surface area contributed by atoms with E-state index >= 15 is 0 Å². The summed E-state index contributed by atoms with van der Waals surface area (Å²) in [6.07, 6.45) is 1.06. The highest BCUT2D eigenvalue weighted by Gasteiger charge is 2.34. The highest BCUT2D eigenvalue weighted by atomic mass is 35.5. The second kappa shape index (κ2) is 14.2. The monoisotopic (exact) mass is 617 g/mol. The number of carbonyl (C=O) groups is 2. The smallest absolute Gasteiger partial charge is 0.264 e. The van der Waals surface area contributed by atoms with Crippen molar-refractivity contribution in [1.82, 2.24) is 10.2 Å². The number of hydrogen-bond acceptors (Lipinski definition) is 4. The summed E-state index contributed by atoms with van der Waals surface area (Å²) in [5, 5.41) is 3.88. The lowest BCUT2D eigenvalue weighted by Crippen LogP contribution is -2.53. The summed E-state index contributed by atoms with van der Waals surface area (Å²) < 4.78 is 29.0. The number of halogens is 2. The maximum absolute atomic E-state index is 14.1. The molecular weight excluding hydrogens is 581 g/mol. The fourth-order valence-electron chi connectivity index (χ4n) is 4.25. The second-order valence-corrected chi connectivity index (χ2v) is 12.9. The van der Waals surface area contributed by atoms with Crippen molar-refractivity contribution < 1.29 is 18.0 Å². The maximum atomic E-state index is 14.1. The van der Waals surface area contributed by atoms with Crippen LogP contribution < -0.4 is 9.62 Å². The predicted molar refractivity (Wildman–Crippen MR) is 166 cm³/mol. The van der Waals surface area contributed by atoms with Crippen LogP contribution in [0.4, 0.5) is 5.69 Å². The normalized spacial score (nSPS) is 12.9. The number of anilines is 1. The Hall–Kier alpha value is -3.07. The van der Waals surface area contributed by atoms with E-state index in [2.05, 4.69) is 5.32 Å². The highest BCUT2D eigenvalue weighted by Crippen LogP contribution is 2.29. The Balaban J connectivity index is 2.08. The lowest BCUT2D eigenvalue weighted by Gasteiger charge is -2.33. The first-order valence-electron chi connectivity index (χ1n) is 13.6. The zero-order chi connectivity index (χ0) is 30.3. The number of sulfonamides is 1. The van der Waals surface area contributed by atoms with Gasteiger partial charge in [0.05, 0.1) is 10.6 Å². The molecule has 3 aromatic carbocycles. The number of benzene rings is 3. The predicted octanol–water partition coefficient (Wildman–Crippen LogP) is 6.53. The average Bonchev–Trinajstić information content (AvgIpc) is 2.94. The molecule has 0 heterocycles. The van der Waals surface area contributed by atoms with Gasteiger partial charge in [0.15, 0.2) is 0 Å². The molecule has 0 aliphatic rings. The van der Waals surface area contributed by atoms with Gasteiger partial charge in [0.25, 0.3) is 10.0 Å². The van der Waals surface area contributed by atoms with Gasteiger partial charge in [-0.05, 0) is 81.1 Å². The van der Waals surface area contributed by atoms with E-state index in [1.54, 1.807) is 48.5 Å². The van der Waals surface area contributed by atoms with Crippen molar-refractivity contribution in [3.63, 3.8) is 0 Å². The van der Waals surface area contributed by atoms with Crippen molar-refractivity contribution in [3.05, 3.63) is 93.5 Å². The number of hydrogen-bond donors (Lipinski definition) is 1. The number of nitrogens with one attached hydrogen (secondary N) is 1. The van der Waals surface area contributed by atoms with Crippen LogP contribution in [0.25, 0.3) is 0 Å². The van der Waals surface area contributed by atoms with Gasteiger partial charge in [0.2, 0.25) is 11.8 Å². The van der Waals surface area contributed by atoms with Crippen LogP contribution in [0, 0.1) is 13.8 Å². The topological polar surface area (TPSA) is 86.8 Å². The van der Waals surface area contributed by atoms with Gasteiger partial charge in [-0.2, -0.15) is 0 Å². The van der Waals surface area contributed by atoms with E-state index in [-0.39, 0.29) is 29.1 Å². The highest BCUT2D eigenvalue weighted by molar-refractivity contribution is 7.92. The molecule has 0 aliphatic carbocycles. The first-order valence-corrected chi connectivity index (χ1v) is 15.8. The Kier molecular flexibility index (Phi) is 11.2. The summed E-state index contributed by atoms with van der Waals surface area (Å²) >= 11 is 12.5. The molecule has 3 rings (SSSR count). The SMILES string of the molecule is CC[C@H](C(=O)N[C@@H](C)CC)N(Cc1ccc(Cl)cc1)C(=O)CN(c1ccc(C)c(Cl)c1)S(=O)(=O)c1ccc(C)cc1. The molecule has 10 heteroatoms. The van der Waals surface area contributed by atoms with Crippen molar-refractivity contribution in [1.29, 1.82) is 0 Å². The van der Waals surface area contributed by atoms with Gasteiger partial charge in [0.1, 0.15) is 12.6 Å². The van der Waals surface area contributed by atoms with Gasteiger partial charge in [-0.25, -0.2) is 8.42 Å². The minimum atomic E-state index is -4.17. The van der Waals surface area contributed by atoms with Crippen LogP contribution in [-0.4, -0.2) is 43.8 Å². The first kappa shape index (κ1) is 32.4. The number of amides is 2. The summed E-state index contributed by atoms with van der Waals surface area (Å²) in [5.74, 6) is -0.825. The molecule has 41 heavy (non-hydrogen) atoms. The van der Waals surface area contributed by atoms with Gasteiger partial charge in [-0.15, -0.1) is 0 Å². The fraction of sp³-hybridized carbons (Fsp3) is 0.355. The average molecular weight is 619 g/mol. The van der Waals surface area contributed by atoms with Crippen LogP contribution in [0.1, 0.15) is 50.3 Å². The third kappa shape index (κ3) is 8.24. The molecule has 0 radical (unpaired) electrons. The van der Waals surface area contributed by atoms with Crippen LogP contribution in [0.15, 0.2) is 71.6 Å². The molecule has 0 saturated heterocycles. The summed E-state index contributed by atoms with van der Waals surface area (Å²) in [5.41, 5.74) is 2.67. The van der Waals surface area contributed by atoms with E-state index in [4.69, 9.17) is 23.2 Å². The molecule has 0 saturated carbocycles. The molecular formula is C31H37Cl2N3O4S. The Morgan fingerprint density at radius 2 is 1.54 bits per heavy atom. The summed E-state index contributed by atoms with van der Waals surface area (Å²) in [6.45, 7) is 8.92. The van der Waals surface area contributed by atoms with E-state index in [1.165, 1.54) is 23.1 Å². The Labute approximate surface area is 253 Å². The summed E-state index contributed by atoms with van der Waals surface area (Å²) in [4.78, 5) is 28.9. The molecule has 0 bridgehead atoms. The zero-order valence-electron chi connectivity index (χ0n) is 24.0. The van der Waals surface area contributed by atoms with Crippen LogP contribution in [0.2, 0.25) is 10.0 Å².